The van der Waals surface area contributed by atoms with Gasteiger partial charge in [-0.15, -0.1) is 5.10 Å². The molecule has 0 saturated carbocycles. The van der Waals surface area contributed by atoms with Gasteiger partial charge < -0.3 is 5.32 Å². The molecule has 18 heavy (non-hydrogen) atoms. The average molecular weight is 253 g/mol. The summed E-state index contributed by atoms with van der Waals surface area (Å²) >= 11 is 0. The van der Waals surface area contributed by atoms with Crippen LogP contribution in [0.25, 0.3) is 0 Å². The molecule has 3 amide bonds. The lowest BCUT2D eigenvalue weighted by atomic mass is 10.3. The van der Waals surface area contributed by atoms with Crippen LogP contribution in [0, 0.1) is 0 Å². The molecule has 0 aliphatic rings. The number of amides is 3. The van der Waals surface area contributed by atoms with E-state index < -0.39 is 11.9 Å². The molecule has 0 spiro atoms. The molecular formula is C10H15N5O3. The highest BCUT2D eigenvalue weighted by Gasteiger charge is 2.09. The molecule has 0 aliphatic carbocycles. The molecule has 0 aliphatic heterocycles. The second kappa shape index (κ2) is 7.15. The maximum atomic E-state index is 11.4. The Morgan fingerprint density at radius 3 is 2.89 bits per heavy atom. The van der Waals surface area contributed by atoms with Crippen molar-refractivity contribution in [1.29, 1.82) is 0 Å². The van der Waals surface area contributed by atoms with Gasteiger partial charge in [0.05, 0.1) is 6.20 Å². The molecule has 1 rings (SSSR count). The number of carbonyl (C=O) groups excluding carboxylic acids is 3. The number of hydrogen-bond acceptors (Lipinski definition) is 5. The van der Waals surface area contributed by atoms with Gasteiger partial charge in [0.15, 0.2) is 6.29 Å². The number of unbranched alkanes of at least 4 members (excludes halogenated alkanes) is 1. The average Bonchev–Trinajstić information content (AvgIpc) is 2.76. The van der Waals surface area contributed by atoms with E-state index in [9.17, 15) is 14.4 Å². The van der Waals surface area contributed by atoms with Crippen molar-refractivity contribution < 1.29 is 14.4 Å². The van der Waals surface area contributed by atoms with E-state index in [1.54, 1.807) is 0 Å². The molecule has 1 aromatic heterocycles. The van der Waals surface area contributed by atoms with Crippen LogP contribution < -0.4 is 10.6 Å². The van der Waals surface area contributed by atoms with Crippen molar-refractivity contribution in [2.24, 2.45) is 0 Å². The minimum atomic E-state index is -0.538. The Balaban J connectivity index is 2.32. The lowest BCUT2D eigenvalue weighted by molar-refractivity contribution is -0.120. The molecule has 0 radical (unpaired) electrons. The Labute approximate surface area is 104 Å². The molecule has 2 N–H and O–H groups in total. The van der Waals surface area contributed by atoms with Crippen LogP contribution in [-0.4, -0.2) is 39.8 Å². The quantitative estimate of drug-likeness (QED) is 0.535. The maximum absolute atomic E-state index is 11.4. The Kier molecular flexibility index (Phi) is 5.49. The fraction of sp³-hybridized carbons (Fsp3) is 0.500. The van der Waals surface area contributed by atoms with E-state index >= 15 is 0 Å². The smallest absolute Gasteiger partial charge is 0.321 e. The standard InChI is InChI=1S/C10H15N5O3/c1-2-3-4-11-10(18)12-9(17)6-15-5-8(7-16)13-14-15/h5,7H,2-4,6H2,1H3,(H2,11,12,17,18). The van der Waals surface area contributed by atoms with E-state index in [2.05, 4.69) is 20.9 Å². The van der Waals surface area contributed by atoms with Crippen molar-refractivity contribution in [1.82, 2.24) is 25.6 Å². The first-order valence-corrected chi connectivity index (χ1v) is 5.58. The molecule has 8 heteroatoms. The molecular weight excluding hydrogens is 238 g/mol. The summed E-state index contributed by atoms with van der Waals surface area (Å²) in [5, 5.41) is 11.7. The van der Waals surface area contributed by atoms with E-state index in [0.29, 0.717) is 12.8 Å². The van der Waals surface area contributed by atoms with Crippen molar-refractivity contribution in [2.45, 2.75) is 26.3 Å². The zero-order valence-electron chi connectivity index (χ0n) is 10.0. The highest BCUT2D eigenvalue weighted by atomic mass is 16.2. The third-order valence-corrected chi connectivity index (χ3v) is 2.05. The number of nitrogens with one attached hydrogen (secondary N) is 2. The maximum Gasteiger partial charge on any atom is 0.321 e. The number of aromatic nitrogens is 3. The predicted octanol–water partition coefficient (Wildman–Crippen LogP) is -0.284. The largest absolute Gasteiger partial charge is 0.338 e. The topological polar surface area (TPSA) is 106 Å². The van der Waals surface area contributed by atoms with Gasteiger partial charge in [-0.25, -0.2) is 9.48 Å². The van der Waals surface area contributed by atoms with Crippen LogP contribution in [0.5, 0.6) is 0 Å². The Hall–Kier alpha value is -2.25. The second-order valence-corrected chi connectivity index (χ2v) is 3.62. The summed E-state index contributed by atoms with van der Waals surface area (Å²) < 4.78 is 1.18. The summed E-state index contributed by atoms with van der Waals surface area (Å²) in [6.07, 6.45) is 3.66. The zero-order chi connectivity index (χ0) is 13.4. The SMILES string of the molecule is CCCCNC(=O)NC(=O)Cn1cc(C=O)nn1. The van der Waals surface area contributed by atoms with E-state index in [0.717, 1.165) is 12.8 Å². The van der Waals surface area contributed by atoms with Gasteiger partial charge in [0, 0.05) is 6.54 Å². The van der Waals surface area contributed by atoms with Crippen LogP contribution in [0.1, 0.15) is 30.3 Å². The normalized spacial score (nSPS) is 9.83. The van der Waals surface area contributed by atoms with Crippen LogP contribution in [0.3, 0.4) is 0 Å². The molecule has 0 saturated heterocycles. The zero-order valence-corrected chi connectivity index (χ0v) is 10.0. The first-order valence-electron chi connectivity index (χ1n) is 5.58. The summed E-state index contributed by atoms with van der Waals surface area (Å²) in [5.41, 5.74) is 0.134. The van der Waals surface area contributed by atoms with E-state index in [1.165, 1.54) is 10.9 Å². The third kappa shape index (κ3) is 4.73. The van der Waals surface area contributed by atoms with Crippen LogP contribution in [0.4, 0.5) is 4.79 Å². The van der Waals surface area contributed by atoms with Gasteiger partial charge in [0.25, 0.3) is 0 Å². The summed E-state index contributed by atoms with van der Waals surface area (Å²) in [6.45, 7) is 2.36. The van der Waals surface area contributed by atoms with E-state index in [4.69, 9.17) is 0 Å². The summed E-state index contributed by atoms with van der Waals surface area (Å²) in [6, 6.07) is -0.538. The molecule has 1 heterocycles. The van der Waals surface area contributed by atoms with Gasteiger partial charge in [-0.05, 0) is 6.42 Å². The molecule has 0 fully saturated rings. The summed E-state index contributed by atoms with van der Waals surface area (Å²) in [4.78, 5) is 33.0. The van der Waals surface area contributed by atoms with Gasteiger partial charge >= 0.3 is 6.03 Å². The van der Waals surface area contributed by atoms with Crippen molar-refractivity contribution >= 4 is 18.2 Å². The van der Waals surface area contributed by atoms with Gasteiger partial charge in [0.2, 0.25) is 5.91 Å². The first-order chi connectivity index (χ1) is 8.65. The molecule has 8 nitrogen and oxygen atoms in total. The fourth-order valence-corrected chi connectivity index (χ4v) is 1.18. The Morgan fingerprint density at radius 2 is 2.28 bits per heavy atom. The van der Waals surface area contributed by atoms with Gasteiger partial charge in [-0.1, -0.05) is 18.6 Å². The van der Waals surface area contributed by atoms with Crippen LogP contribution >= 0.6 is 0 Å². The number of nitrogens with zero attached hydrogens (tertiary/aromatic N) is 3. The number of rotatable bonds is 6. The number of hydrogen-bond donors (Lipinski definition) is 2. The lowest BCUT2D eigenvalue weighted by Gasteiger charge is -2.05. The first kappa shape index (κ1) is 13.8. The van der Waals surface area contributed by atoms with Gasteiger partial charge in [-0.2, -0.15) is 0 Å². The highest BCUT2D eigenvalue weighted by Crippen LogP contribution is 1.88. The number of carbonyl (C=O) groups is 3. The molecule has 0 unspecified atom stereocenters. The molecule has 0 aromatic carbocycles. The van der Waals surface area contributed by atoms with E-state index in [1.807, 2.05) is 6.92 Å². The van der Waals surface area contributed by atoms with Crippen molar-refractivity contribution in [3.63, 3.8) is 0 Å². The Bertz CT molecular complexity index is 429. The number of urea groups is 1. The highest BCUT2D eigenvalue weighted by molar-refractivity contribution is 5.94. The van der Waals surface area contributed by atoms with Crippen molar-refractivity contribution in [3.05, 3.63) is 11.9 Å². The number of aldehydes is 1. The Morgan fingerprint density at radius 1 is 1.50 bits per heavy atom. The fourth-order valence-electron chi connectivity index (χ4n) is 1.18. The van der Waals surface area contributed by atoms with Crippen LogP contribution in [0.2, 0.25) is 0 Å². The van der Waals surface area contributed by atoms with Crippen molar-refractivity contribution in [2.75, 3.05) is 6.54 Å². The summed E-state index contributed by atoms with van der Waals surface area (Å²) in [7, 11) is 0. The van der Waals surface area contributed by atoms with Gasteiger partial charge in [0.1, 0.15) is 12.2 Å². The second-order valence-electron chi connectivity index (χ2n) is 3.62. The van der Waals surface area contributed by atoms with Crippen LogP contribution in [0.15, 0.2) is 6.20 Å². The van der Waals surface area contributed by atoms with Crippen molar-refractivity contribution in [3.8, 4) is 0 Å². The third-order valence-electron chi connectivity index (χ3n) is 2.05. The minimum Gasteiger partial charge on any atom is -0.338 e. The summed E-state index contributed by atoms with van der Waals surface area (Å²) in [5.74, 6) is -0.522. The molecule has 98 valence electrons. The monoisotopic (exact) mass is 253 g/mol. The molecule has 1 aromatic rings. The lowest BCUT2D eigenvalue weighted by Crippen LogP contribution is -2.41. The number of imide groups is 1. The van der Waals surface area contributed by atoms with Gasteiger partial charge in [-0.3, -0.25) is 14.9 Å². The van der Waals surface area contributed by atoms with Crippen LogP contribution in [-0.2, 0) is 11.3 Å². The van der Waals surface area contributed by atoms with E-state index in [-0.39, 0.29) is 12.2 Å². The molecule has 0 atom stereocenters. The minimum absolute atomic E-state index is 0.134. The molecule has 0 bridgehead atoms. The predicted molar refractivity (Wildman–Crippen MR) is 61.9 cm³/mol.